The lowest BCUT2D eigenvalue weighted by Crippen LogP contribution is -2.13. The monoisotopic (exact) mass is 302 g/mol. The Hall–Kier alpha value is -2.01. The van der Waals surface area contributed by atoms with Gasteiger partial charge in [0, 0.05) is 23.3 Å². The highest BCUT2D eigenvalue weighted by Gasteiger charge is 2.04. The molecular weight excluding hydrogens is 284 g/mol. The van der Waals surface area contributed by atoms with E-state index < -0.39 is 0 Å². The number of ether oxygens (including phenoxy) is 1. The van der Waals surface area contributed by atoms with Crippen LogP contribution in [0.1, 0.15) is 12.0 Å². The number of rotatable bonds is 6. The van der Waals surface area contributed by atoms with Crippen LogP contribution < -0.4 is 10.1 Å². The average Bonchev–Trinajstić information content (AvgIpc) is 2.50. The van der Waals surface area contributed by atoms with Crippen LogP contribution in [0, 0.1) is 6.92 Å². The number of thioether (sulfide) groups is 1. The van der Waals surface area contributed by atoms with Crippen molar-refractivity contribution in [3.63, 3.8) is 0 Å². The number of aromatic nitrogens is 1. The Bertz CT molecular complexity index is 582. The second-order valence-corrected chi connectivity index (χ2v) is 5.71. The molecule has 0 saturated heterocycles. The van der Waals surface area contributed by atoms with Gasteiger partial charge in [0.2, 0.25) is 5.91 Å². The van der Waals surface area contributed by atoms with Crippen molar-refractivity contribution in [3.8, 4) is 5.75 Å². The summed E-state index contributed by atoms with van der Waals surface area (Å²) in [6.07, 6.45) is 2.19. The van der Waals surface area contributed by atoms with Crippen molar-refractivity contribution >= 4 is 23.5 Å². The minimum atomic E-state index is -0.0210. The molecule has 0 saturated carbocycles. The van der Waals surface area contributed by atoms with E-state index in [2.05, 4.69) is 10.3 Å². The van der Waals surface area contributed by atoms with Gasteiger partial charge in [-0.25, -0.2) is 4.98 Å². The molecule has 2 rings (SSSR count). The molecule has 21 heavy (non-hydrogen) atoms. The van der Waals surface area contributed by atoms with E-state index in [-0.39, 0.29) is 5.91 Å². The third-order valence-electron chi connectivity index (χ3n) is 2.84. The van der Waals surface area contributed by atoms with Gasteiger partial charge >= 0.3 is 0 Å². The molecule has 0 unspecified atom stereocenters. The predicted octanol–water partition coefficient (Wildman–Crippen LogP) is 3.52. The van der Waals surface area contributed by atoms with Crippen LogP contribution in [0.4, 0.5) is 5.82 Å². The van der Waals surface area contributed by atoms with Gasteiger partial charge in [-0.05, 0) is 42.8 Å². The number of carbonyl (C=O) groups is 1. The summed E-state index contributed by atoms with van der Waals surface area (Å²) in [4.78, 5) is 17.1. The minimum absolute atomic E-state index is 0.0210. The number of amides is 1. The van der Waals surface area contributed by atoms with E-state index in [0.29, 0.717) is 12.2 Å². The smallest absolute Gasteiger partial charge is 0.226 e. The number of benzene rings is 1. The molecule has 1 aromatic carbocycles. The van der Waals surface area contributed by atoms with Crippen molar-refractivity contribution in [2.75, 3.05) is 18.2 Å². The number of aryl methyl sites for hydroxylation is 1. The van der Waals surface area contributed by atoms with Gasteiger partial charge in [0.05, 0.1) is 7.11 Å². The summed E-state index contributed by atoms with van der Waals surface area (Å²) in [5.41, 5.74) is 1.07. The van der Waals surface area contributed by atoms with Gasteiger partial charge in [0.25, 0.3) is 0 Å². The molecule has 1 N–H and O–H groups in total. The first-order chi connectivity index (χ1) is 10.2. The molecule has 0 aliphatic carbocycles. The molecule has 110 valence electrons. The number of hydrogen-bond donors (Lipinski definition) is 1. The number of nitrogens with zero attached hydrogens (tertiary/aromatic N) is 1. The number of carbonyl (C=O) groups excluding carboxylic acids is 1. The number of methoxy groups -OCH3 is 1. The standard InChI is InChI=1S/C16H18N2O2S/c1-12-3-8-15(17-11-12)18-16(19)9-10-21-14-6-4-13(20-2)5-7-14/h3-8,11H,9-10H2,1-2H3,(H,17,18,19). The normalized spacial score (nSPS) is 10.2. The fourth-order valence-electron chi connectivity index (χ4n) is 1.68. The Labute approximate surface area is 128 Å². The first kappa shape index (κ1) is 15.4. The van der Waals surface area contributed by atoms with Gasteiger partial charge in [-0.2, -0.15) is 0 Å². The Kier molecular flexibility index (Phi) is 5.63. The Morgan fingerprint density at radius 1 is 1.24 bits per heavy atom. The second-order valence-electron chi connectivity index (χ2n) is 4.54. The first-order valence-corrected chi connectivity index (χ1v) is 7.65. The molecule has 5 heteroatoms. The minimum Gasteiger partial charge on any atom is -0.497 e. The van der Waals surface area contributed by atoms with Crippen molar-refractivity contribution in [3.05, 3.63) is 48.2 Å². The Morgan fingerprint density at radius 3 is 2.62 bits per heavy atom. The third-order valence-corrected chi connectivity index (χ3v) is 3.85. The van der Waals surface area contributed by atoms with Crippen molar-refractivity contribution < 1.29 is 9.53 Å². The van der Waals surface area contributed by atoms with Crippen LogP contribution in [0.15, 0.2) is 47.5 Å². The summed E-state index contributed by atoms with van der Waals surface area (Å²) < 4.78 is 5.11. The van der Waals surface area contributed by atoms with Crippen LogP contribution in [-0.4, -0.2) is 23.8 Å². The quantitative estimate of drug-likeness (QED) is 0.830. The molecule has 1 amide bonds. The van der Waals surface area contributed by atoms with Crippen LogP contribution >= 0.6 is 11.8 Å². The number of nitrogens with one attached hydrogen (secondary N) is 1. The van der Waals surface area contributed by atoms with E-state index in [1.54, 1.807) is 25.1 Å². The first-order valence-electron chi connectivity index (χ1n) is 6.67. The predicted molar refractivity (Wildman–Crippen MR) is 85.9 cm³/mol. The molecule has 0 fully saturated rings. The van der Waals surface area contributed by atoms with Crippen LogP contribution in [0.2, 0.25) is 0 Å². The second kappa shape index (κ2) is 7.69. The van der Waals surface area contributed by atoms with Crippen molar-refractivity contribution in [2.24, 2.45) is 0 Å². The molecule has 0 radical (unpaired) electrons. The zero-order chi connectivity index (χ0) is 15.1. The fourth-order valence-corrected chi connectivity index (χ4v) is 2.53. The maximum atomic E-state index is 11.8. The number of hydrogen-bond acceptors (Lipinski definition) is 4. The van der Waals surface area contributed by atoms with Gasteiger partial charge in [-0.1, -0.05) is 6.07 Å². The van der Waals surface area contributed by atoms with E-state index in [4.69, 9.17) is 4.74 Å². The maximum Gasteiger partial charge on any atom is 0.226 e. The summed E-state index contributed by atoms with van der Waals surface area (Å²) in [7, 11) is 1.64. The van der Waals surface area contributed by atoms with Gasteiger partial charge in [0.15, 0.2) is 0 Å². The van der Waals surface area contributed by atoms with Crippen LogP contribution in [0.5, 0.6) is 5.75 Å². The highest BCUT2D eigenvalue weighted by Crippen LogP contribution is 2.21. The largest absolute Gasteiger partial charge is 0.497 e. The van der Waals surface area contributed by atoms with Crippen LogP contribution in [0.25, 0.3) is 0 Å². The van der Waals surface area contributed by atoms with E-state index >= 15 is 0 Å². The SMILES string of the molecule is COc1ccc(SCCC(=O)Nc2ccc(C)cn2)cc1. The third kappa shape index (κ3) is 5.11. The average molecular weight is 302 g/mol. The number of pyridine rings is 1. The summed E-state index contributed by atoms with van der Waals surface area (Å²) in [5.74, 6) is 2.14. The zero-order valence-electron chi connectivity index (χ0n) is 12.1. The number of anilines is 1. The molecule has 0 spiro atoms. The van der Waals surface area contributed by atoms with E-state index in [0.717, 1.165) is 22.0 Å². The fraction of sp³-hybridized carbons (Fsp3) is 0.250. The molecule has 0 bridgehead atoms. The van der Waals surface area contributed by atoms with Crippen molar-refractivity contribution in [2.45, 2.75) is 18.2 Å². The maximum absolute atomic E-state index is 11.8. The van der Waals surface area contributed by atoms with Gasteiger partial charge in [-0.3, -0.25) is 4.79 Å². The van der Waals surface area contributed by atoms with Crippen LogP contribution in [-0.2, 0) is 4.79 Å². The van der Waals surface area contributed by atoms with E-state index in [1.807, 2.05) is 43.3 Å². The lowest BCUT2D eigenvalue weighted by molar-refractivity contribution is -0.115. The Balaban J connectivity index is 1.74. The van der Waals surface area contributed by atoms with E-state index in [1.165, 1.54) is 0 Å². The summed E-state index contributed by atoms with van der Waals surface area (Å²) >= 11 is 1.64. The molecule has 0 atom stereocenters. The molecule has 1 aromatic heterocycles. The van der Waals surface area contributed by atoms with Gasteiger partial charge in [0.1, 0.15) is 11.6 Å². The topological polar surface area (TPSA) is 51.2 Å². The van der Waals surface area contributed by atoms with Gasteiger partial charge < -0.3 is 10.1 Å². The zero-order valence-corrected chi connectivity index (χ0v) is 12.9. The molecule has 1 heterocycles. The molecule has 2 aromatic rings. The van der Waals surface area contributed by atoms with E-state index in [9.17, 15) is 4.79 Å². The molecule has 0 aliphatic rings. The Morgan fingerprint density at radius 2 is 2.00 bits per heavy atom. The van der Waals surface area contributed by atoms with Gasteiger partial charge in [-0.15, -0.1) is 11.8 Å². The van der Waals surface area contributed by atoms with Crippen molar-refractivity contribution in [1.29, 1.82) is 0 Å². The highest BCUT2D eigenvalue weighted by atomic mass is 32.2. The molecule has 0 aliphatic heterocycles. The highest BCUT2D eigenvalue weighted by molar-refractivity contribution is 7.99. The van der Waals surface area contributed by atoms with Crippen molar-refractivity contribution in [1.82, 2.24) is 4.98 Å². The lowest BCUT2D eigenvalue weighted by atomic mass is 10.3. The summed E-state index contributed by atoms with van der Waals surface area (Å²) in [5, 5.41) is 2.79. The van der Waals surface area contributed by atoms with Crippen LogP contribution in [0.3, 0.4) is 0 Å². The molecular formula is C16H18N2O2S. The molecule has 4 nitrogen and oxygen atoms in total. The lowest BCUT2D eigenvalue weighted by Gasteiger charge is -2.05. The summed E-state index contributed by atoms with van der Waals surface area (Å²) in [6, 6.07) is 11.5. The summed E-state index contributed by atoms with van der Waals surface area (Å²) in [6.45, 7) is 1.96.